The number of halogens is 2. The van der Waals surface area contributed by atoms with Crippen molar-refractivity contribution in [2.24, 2.45) is 7.05 Å². The summed E-state index contributed by atoms with van der Waals surface area (Å²) in [6, 6.07) is 7.02. The van der Waals surface area contributed by atoms with E-state index in [0.29, 0.717) is 41.9 Å². The second-order valence-corrected chi connectivity index (χ2v) is 9.87. The molecule has 3 aromatic heterocycles. The molecule has 1 saturated heterocycles. The molecule has 1 aromatic carbocycles. The molecule has 198 valence electrons. The molecule has 4 heterocycles. The van der Waals surface area contributed by atoms with Gasteiger partial charge in [0.25, 0.3) is 0 Å². The third-order valence-corrected chi connectivity index (χ3v) is 7.20. The first-order valence-corrected chi connectivity index (χ1v) is 12.6. The van der Waals surface area contributed by atoms with Crippen LogP contribution in [0.15, 0.2) is 48.5 Å². The molecule has 5 rings (SSSR count). The van der Waals surface area contributed by atoms with Gasteiger partial charge >= 0.3 is 6.61 Å². The fourth-order valence-electron chi connectivity index (χ4n) is 4.21. The number of rotatable bonds is 9. The van der Waals surface area contributed by atoms with Gasteiger partial charge in [-0.2, -0.15) is 13.9 Å². The molecule has 0 radical (unpaired) electrons. The summed E-state index contributed by atoms with van der Waals surface area (Å²) in [7, 11) is 5.80. The van der Waals surface area contributed by atoms with Gasteiger partial charge in [-0.15, -0.1) is 11.3 Å². The van der Waals surface area contributed by atoms with Gasteiger partial charge < -0.3 is 25.2 Å². The second kappa shape index (κ2) is 10.3. The number of fused-ring (bicyclic) bond motifs is 1. The maximum Gasteiger partial charge on any atom is 0.387 e. The first-order valence-electron chi connectivity index (χ1n) is 11.7. The normalized spacial score (nSPS) is 13.7. The number of amides is 1. The van der Waals surface area contributed by atoms with E-state index in [2.05, 4.69) is 37.2 Å². The fraction of sp³-hybridized carbons (Fsp3) is 0.280. The van der Waals surface area contributed by atoms with E-state index in [-0.39, 0.29) is 17.4 Å². The molecular weight excluding hydrogens is 514 g/mol. The standard InChI is InChI=1S/C25H26F2N8O2S/c1-5-21(36)29-16-10-17(20(37-24(26)27)11-19(16)35-12-14(13-35)33(2)3)31-25-28-8-6-15(30-25)22-23-18(7-9-38-23)34(4)32-22/h5-11,14,24H,1,12-13H2,2-4H3,(H,29,36)(H,28,30,31). The van der Waals surface area contributed by atoms with Crippen molar-refractivity contribution in [3.63, 3.8) is 0 Å². The summed E-state index contributed by atoms with van der Waals surface area (Å²) >= 11 is 1.55. The largest absolute Gasteiger partial charge is 0.433 e. The number of ether oxygens (including phenoxy) is 1. The lowest BCUT2D eigenvalue weighted by molar-refractivity contribution is -0.111. The van der Waals surface area contributed by atoms with Gasteiger partial charge in [0.15, 0.2) is 5.75 Å². The summed E-state index contributed by atoms with van der Waals surface area (Å²) in [6.07, 6.45) is 2.70. The van der Waals surface area contributed by atoms with Crippen molar-refractivity contribution < 1.29 is 18.3 Å². The van der Waals surface area contributed by atoms with Crippen LogP contribution in [0.25, 0.3) is 21.6 Å². The highest BCUT2D eigenvalue weighted by Gasteiger charge is 2.31. The van der Waals surface area contributed by atoms with Crippen molar-refractivity contribution in [1.82, 2.24) is 24.6 Å². The number of nitrogens with one attached hydrogen (secondary N) is 2. The van der Waals surface area contributed by atoms with E-state index in [0.717, 1.165) is 16.3 Å². The van der Waals surface area contributed by atoms with Gasteiger partial charge in [-0.05, 0) is 43.8 Å². The number of benzene rings is 1. The Morgan fingerprint density at radius 3 is 2.79 bits per heavy atom. The van der Waals surface area contributed by atoms with E-state index >= 15 is 0 Å². The number of thiophene rings is 1. The van der Waals surface area contributed by atoms with E-state index in [1.807, 2.05) is 37.5 Å². The lowest BCUT2D eigenvalue weighted by atomic mass is 10.0. The summed E-state index contributed by atoms with van der Waals surface area (Å²) in [5.41, 5.74) is 3.37. The number of hydrogen-bond acceptors (Lipinski definition) is 9. The zero-order valence-electron chi connectivity index (χ0n) is 21.0. The maximum absolute atomic E-state index is 13.4. The lowest BCUT2D eigenvalue weighted by Crippen LogP contribution is -2.57. The van der Waals surface area contributed by atoms with Crippen LogP contribution < -0.4 is 20.3 Å². The molecule has 0 bridgehead atoms. The summed E-state index contributed by atoms with van der Waals surface area (Å²) in [6.45, 7) is 1.78. The minimum Gasteiger partial charge on any atom is -0.433 e. The van der Waals surface area contributed by atoms with Crippen molar-refractivity contribution in [3.8, 4) is 17.1 Å². The van der Waals surface area contributed by atoms with Gasteiger partial charge in [-0.25, -0.2) is 9.97 Å². The van der Waals surface area contributed by atoms with Crippen LogP contribution in [0.2, 0.25) is 0 Å². The van der Waals surface area contributed by atoms with Crippen molar-refractivity contribution in [2.75, 3.05) is 42.7 Å². The predicted octanol–water partition coefficient (Wildman–Crippen LogP) is 4.31. The number of carbonyl (C=O) groups is 1. The molecule has 0 aliphatic carbocycles. The first kappa shape index (κ1) is 25.5. The minimum atomic E-state index is -3.06. The third kappa shape index (κ3) is 5.02. The van der Waals surface area contributed by atoms with Gasteiger partial charge in [0.2, 0.25) is 11.9 Å². The molecule has 13 heteroatoms. The van der Waals surface area contributed by atoms with Crippen molar-refractivity contribution >= 4 is 50.5 Å². The number of anilines is 4. The molecule has 1 amide bonds. The molecule has 10 nitrogen and oxygen atoms in total. The molecule has 38 heavy (non-hydrogen) atoms. The van der Waals surface area contributed by atoms with Gasteiger partial charge in [0.1, 0.15) is 5.69 Å². The molecule has 0 atom stereocenters. The van der Waals surface area contributed by atoms with Crippen LogP contribution in [0.3, 0.4) is 0 Å². The van der Waals surface area contributed by atoms with Gasteiger partial charge in [0.05, 0.1) is 33.0 Å². The van der Waals surface area contributed by atoms with Crippen molar-refractivity contribution in [1.29, 1.82) is 0 Å². The predicted molar refractivity (Wildman–Crippen MR) is 144 cm³/mol. The molecule has 0 spiro atoms. The summed E-state index contributed by atoms with van der Waals surface area (Å²) in [5.74, 6) is -0.382. The molecule has 4 aromatic rings. The first-order chi connectivity index (χ1) is 18.2. The number of aryl methyl sites for hydroxylation is 1. The zero-order valence-corrected chi connectivity index (χ0v) is 21.8. The maximum atomic E-state index is 13.4. The van der Waals surface area contributed by atoms with E-state index in [9.17, 15) is 13.6 Å². The van der Waals surface area contributed by atoms with Crippen molar-refractivity contribution in [2.45, 2.75) is 12.7 Å². The Hall–Kier alpha value is -4.10. The second-order valence-electron chi connectivity index (χ2n) is 8.96. The van der Waals surface area contributed by atoms with E-state index in [1.165, 1.54) is 12.1 Å². The highest BCUT2D eigenvalue weighted by Crippen LogP contribution is 2.41. The number of alkyl halides is 2. The molecule has 1 fully saturated rings. The molecular formula is C25H26F2N8O2S. The smallest absolute Gasteiger partial charge is 0.387 e. The number of likely N-dealkylation sites (N-methyl/N-ethyl adjacent to an activating group) is 1. The van der Waals surface area contributed by atoms with Crippen LogP contribution in [0.4, 0.5) is 31.8 Å². The zero-order chi connectivity index (χ0) is 27.0. The number of hydrogen-bond donors (Lipinski definition) is 2. The number of nitrogens with zero attached hydrogens (tertiary/aromatic N) is 6. The fourth-order valence-corrected chi connectivity index (χ4v) is 5.12. The summed E-state index contributed by atoms with van der Waals surface area (Å²) in [5, 5.41) is 12.3. The van der Waals surface area contributed by atoms with Gasteiger partial charge in [-0.1, -0.05) is 6.58 Å². The molecule has 2 N–H and O–H groups in total. The Labute approximate surface area is 221 Å². The van der Waals surface area contributed by atoms with Crippen LogP contribution in [0.1, 0.15) is 0 Å². The minimum absolute atomic E-state index is 0.104. The van der Waals surface area contributed by atoms with Crippen LogP contribution in [-0.2, 0) is 11.8 Å². The Morgan fingerprint density at radius 1 is 1.29 bits per heavy atom. The quantitative estimate of drug-likeness (QED) is 0.303. The van der Waals surface area contributed by atoms with Crippen LogP contribution >= 0.6 is 11.3 Å². The molecule has 1 aliphatic heterocycles. The average molecular weight is 541 g/mol. The SMILES string of the molecule is C=CC(=O)Nc1cc(Nc2nccc(-c3nn(C)c4ccsc34)n2)c(OC(F)F)cc1N1CC(N(C)C)C1. The van der Waals surface area contributed by atoms with E-state index < -0.39 is 12.5 Å². The Bertz CT molecular complexity index is 1500. The lowest BCUT2D eigenvalue weighted by Gasteiger charge is -2.45. The monoisotopic (exact) mass is 540 g/mol. The van der Waals surface area contributed by atoms with E-state index in [1.54, 1.807) is 28.3 Å². The highest BCUT2D eigenvalue weighted by atomic mass is 32.1. The molecule has 0 unspecified atom stereocenters. The van der Waals surface area contributed by atoms with Gasteiger partial charge in [0, 0.05) is 38.4 Å². The number of carbonyl (C=O) groups excluding carboxylic acids is 1. The van der Waals surface area contributed by atoms with Crippen LogP contribution in [-0.4, -0.2) is 70.4 Å². The van der Waals surface area contributed by atoms with Crippen LogP contribution in [0.5, 0.6) is 5.75 Å². The summed E-state index contributed by atoms with van der Waals surface area (Å²) in [4.78, 5) is 25.1. The topological polar surface area (TPSA) is 100 Å². The molecule has 1 aliphatic rings. The number of aromatic nitrogens is 4. The Kier molecular flexibility index (Phi) is 6.95. The Balaban J connectivity index is 1.52. The summed E-state index contributed by atoms with van der Waals surface area (Å²) < 4.78 is 34.4. The van der Waals surface area contributed by atoms with Crippen molar-refractivity contribution in [3.05, 3.63) is 48.5 Å². The Morgan fingerprint density at radius 2 is 2.08 bits per heavy atom. The van der Waals surface area contributed by atoms with E-state index in [4.69, 9.17) is 4.74 Å². The highest BCUT2D eigenvalue weighted by molar-refractivity contribution is 7.17. The van der Waals surface area contributed by atoms with Gasteiger partial charge in [-0.3, -0.25) is 9.48 Å². The third-order valence-electron chi connectivity index (χ3n) is 6.29. The average Bonchev–Trinajstić information content (AvgIpc) is 3.44. The molecule has 0 saturated carbocycles. The van der Waals surface area contributed by atoms with Crippen LogP contribution in [0, 0.1) is 0 Å².